The molecule has 0 spiro atoms. The summed E-state index contributed by atoms with van der Waals surface area (Å²) in [6.45, 7) is 0. The molecule has 1 saturated carbocycles. The molecule has 1 aromatic rings. The number of carbonyl (C=O) groups excluding carboxylic acids is 1. The maximum absolute atomic E-state index is 12.7. The van der Waals surface area contributed by atoms with Crippen LogP contribution in [0.4, 0.5) is 13.2 Å². The van der Waals surface area contributed by atoms with Gasteiger partial charge in [0.25, 0.3) is 5.91 Å². The minimum absolute atomic E-state index is 0.193. The average Bonchev–Trinajstić information content (AvgIpc) is 2.47. The van der Waals surface area contributed by atoms with Crippen molar-refractivity contribution >= 4 is 11.9 Å². The van der Waals surface area contributed by atoms with Crippen LogP contribution in [0.5, 0.6) is 0 Å². The lowest BCUT2D eigenvalue weighted by atomic mass is 9.81. The van der Waals surface area contributed by atoms with E-state index in [4.69, 9.17) is 0 Å². The van der Waals surface area contributed by atoms with Gasteiger partial charge < -0.3 is 10.4 Å². The molecule has 0 aromatic heterocycles. The summed E-state index contributed by atoms with van der Waals surface area (Å²) in [5.74, 6) is -1.94. The van der Waals surface area contributed by atoms with Crippen LogP contribution in [0.3, 0.4) is 0 Å². The van der Waals surface area contributed by atoms with Gasteiger partial charge in [-0.3, -0.25) is 4.79 Å². The molecule has 0 bridgehead atoms. The normalized spacial score (nSPS) is 17.8. The van der Waals surface area contributed by atoms with E-state index in [-0.39, 0.29) is 18.4 Å². The molecule has 0 heterocycles. The molecular formula is C15H16F3NO3. The van der Waals surface area contributed by atoms with E-state index >= 15 is 0 Å². The highest BCUT2D eigenvalue weighted by molar-refractivity contribution is 5.98. The lowest BCUT2D eigenvalue weighted by molar-refractivity contribution is -0.146. The summed E-state index contributed by atoms with van der Waals surface area (Å²) in [4.78, 5) is 23.6. The Balaban J connectivity index is 2.22. The molecule has 0 unspecified atom stereocenters. The van der Waals surface area contributed by atoms with E-state index in [0.29, 0.717) is 12.8 Å². The zero-order valence-corrected chi connectivity index (χ0v) is 11.7. The summed E-state index contributed by atoms with van der Waals surface area (Å²) in [6.07, 6.45) is -1.77. The first-order valence-corrected chi connectivity index (χ1v) is 6.98. The van der Waals surface area contributed by atoms with Gasteiger partial charge in [-0.2, -0.15) is 13.2 Å². The van der Waals surface area contributed by atoms with Crippen molar-refractivity contribution in [1.82, 2.24) is 5.32 Å². The fourth-order valence-electron chi connectivity index (χ4n) is 2.67. The van der Waals surface area contributed by atoms with Crippen molar-refractivity contribution < 1.29 is 27.9 Å². The quantitative estimate of drug-likeness (QED) is 0.900. The molecule has 0 saturated heterocycles. The van der Waals surface area contributed by atoms with Gasteiger partial charge in [0.05, 0.1) is 5.56 Å². The highest BCUT2D eigenvalue weighted by Crippen LogP contribution is 2.31. The van der Waals surface area contributed by atoms with Gasteiger partial charge in [0.2, 0.25) is 0 Å². The van der Waals surface area contributed by atoms with Crippen LogP contribution in [-0.4, -0.2) is 22.5 Å². The van der Waals surface area contributed by atoms with E-state index < -0.39 is 29.2 Å². The molecule has 0 atom stereocenters. The van der Waals surface area contributed by atoms with Crippen LogP contribution in [-0.2, 0) is 11.0 Å². The number of benzene rings is 1. The Morgan fingerprint density at radius 3 is 2.32 bits per heavy atom. The Morgan fingerprint density at radius 1 is 1.14 bits per heavy atom. The summed E-state index contributed by atoms with van der Waals surface area (Å²) in [6, 6.07) is 3.97. The number of hydrogen-bond acceptors (Lipinski definition) is 2. The lowest BCUT2D eigenvalue weighted by Gasteiger charge is -2.34. The van der Waals surface area contributed by atoms with Crippen molar-refractivity contribution in [2.45, 2.75) is 43.8 Å². The largest absolute Gasteiger partial charge is 0.480 e. The van der Waals surface area contributed by atoms with Gasteiger partial charge in [0, 0.05) is 5.56 Å². The molecule has 1 amide bonds. The number of alkyl halides is 3. The number of hydrogen-bond donors (Lipinski definition) is 2. The van der Waals surface area contributed by atoms with Crippen LogP contribution in [0.25, 0.3) is 0 Å². The van der Waals surface area contributed by atoms with E-state index in [9.17, 15) is 27.9 Å². The maximum Gasteiger partial charge on any atom is 0.416 e. The topological polar surface area (TPSA) is 66.4 Å². The van der Waals surface area contributed by atoms with E-state index in [0.717, 1.165) is 24.6 Å². The van der Waals surface area contributed by atoms with E-state index in [1.54, 1.807) is 0 Å². The third-order valence-corrected chi connectivity index (χ3v) is 3.92. The molecular weight excluding hydrogens is 299 g/mol. The summed E-state index contributed by atoms with van der Waals surface area (Å²) in [5, 5.41) is 11.8. The fraction of sp³-hybridized carbons (Fsp3) is 0.467. The first-order chi connectivity index (χ1) is 10.2. The standard InChI is InChI=1S/C15H16F3NO3/c16-15(17,18)11-6-4-5-10(9-11)12(20)19-14(13(21)22)7-2-1-3-8-14/h4-6,9H,1-3,7-8H2,(H,19,20)(H,21,22). The maximum atomic E-state index is 12.7. The Bertz CT molecular complexity index is 578. The highest BCUT2D eigenvalue weighted by atomic mass is 19.4. The molecule has 1 fully saturated rings. The van der Waals surface area contributed by atoms with Crippen LogP contribution in [0, 0.1) is 0 Å². The van der Waals surface area contributed by atoms with Crippen molar-refractivity contribution in [2.75, 3.05) is 0 Å². The van der Waals surface area contributed by atoms with Crippen molar-refractivity contribution in [1.29, 1.82) is 0 Å². The Labute approximate surface area is 125 Å². The lowest BCUT2D eigenvalue weighted by Crippen LogP contribution is -2.55. The highest BCUT2D eigenvalue weighted by Gasteiger charge is 2.41. The van der Waals surface area contributed by atoms with Gasteiger partial charge in [-0.1, -0.05) is 25.3 Å². The summed E-state index contributed by atoms with van der Waals surface area (Å²) in [7, 11) is 0. The van der Waals surface area contributed by atoms with E-state index in [1.807, 2.05) is 0 Å². The van der Waals surface area contributed by atoms with Crippen molar-refractivity contribution in [3.05, 3.63) is 35.4 Å². The number of carbonyl (C=O) groups is 2. The number of amides is 1. The zero-order valence-electron chi connectivity index (χ0n) is 11.7. The predicted molar refractivity (Wildman–Crippen MR) is 72.4 cm³/mol. The predicted octanol–water partition coefficient (Wildman–Crippen LogP) is 3.22. The SMILES string of the molecule is O=C(NC1(C(=O)O)CCCCC1)c1cccc(C(F)(F)F)c1. The first-order valence-electron chi connectivity index (χ1n) is 6.98. The minimum atomic E-state index is -4.55. The fourth-order valence-corrected chi connectivity index (χ4v) is 2.67. The van der Waals surface area contributed by atoms with Crippen LogP contribution in [0.1, 0.15) is 48.0 Å². The number of nitrogens with one attached hydrogen (secondary N) is 1. The molecule has 22 heavy (non-hydrogen) atoms. The second-order valence-electron chi connectivity index (χ2n) is 5.48. The van der Waals surface area contributed by atoms with Crippen molar-refractivity contribution in [3.63, 3.8) is 0 Å². The monoisotopic (exact) mass is 315 g/mol. The minimum Gasteiger partial charge on any atom is -0.480 e. The number of aliphatic carboxylic acids is 1. The number of halogens is 3. The Kier molecular flexibility index (Phi) is 4.44. The van der Waals surface area contributed by atoms with E-state index in [1.165, 1.54) is 6.07 Å². The van der Waals surface area contributed by atoms with Crippen LogP contribution < -0.4 is 5.32 Å². The van der Waals surface area contributed by atoms with Gasteiger partial charge in [0.1, 0.15) is 5.54 Å². The van der Waals surface area contributed by atoms with Gasteiger partial charge in [-0.05, 0) is 31.0 Å². The molecule has 1 aliphatic rings. The summed E-state index contributed by atoms with van der Waals surface area (Å²) < 4.78 is 38.0. The number of rotatable bonds is 3. The number of carboxylic acids is 1. The second-order valence-corrected chi connectivity index (χ2v) is 5.48. The van der Waals surface area contributed by atoms with Crippen molar-refractivity contribution in [3.8, 4) is 0 Å². The first kappa shape index (κ1) is 16.3. The summed E-state index contributed by atoms with van der Waals surface area (Å²) >= 11 is 0. The Hall–Kier alpha value is -2.05. The molecule has 1 aromatic carbocycles. The zero-order chi connectivity index (χ0) is 16.4. The molecule has 0 aliphatic heterocycles. The molecule has 1 aliphatic carbocycles. The van der Waals surface area contributed by atoms with Crippen molar-refractivity contribution in [2.24, 2.45) is 0 Å². The van der Waals surface area contributed by atoms with Gasteiger partial charge >= 0.3 is 12.1 Å². The smallest absolute Gasteiger partial charge is 0.416 e. The van der Waals surface area contributed by atoms with Crippen LogP contribution in [0.15, 0.2) is 24.3 Å². The third-order valence-electron chi connectivity index (χ3n) is 3.92. The third kappa shape index (κ3) is 3.40. The van der Waals surface area contributed by atoms with Gasteiger partial charge in [-0.15, -0.1) is 0 Å². The average molecular weight is 315 g/mol. The van der Waals surface area contributed by atoms with Gasteiger partial charge in [0.15, 0.2) is 0 Å². The Morgan fingerprint density at radius 2 is 1.77 bits per heavy atom. The molecule has 120 valence electrons. The molecule has 4 nitrogen and oxygen atoms in total. The molecule has 0 radical (unpaired) electrons. The van der Waals surface area contributed by atoms with Gasteiger partial charge in [-0.25, -0.2) is 4.79 Å². The van der Waals surface area contributed by atoms with Crippen LogP contribution in [0.2, 0.25) is 0 Å². The molecule has 7 heteroatoms. The second kappa shape index (κ2) is 5.98. The summed E-state index contributed by atoms with van der Waals surface area (Å²) in [5.41, 5.74) is -2.52. The molecule has 2 N–H and O–H groups in total. The number of carboxylic acid groups (broad SMARTS) is 1. The van der Waals surface area contributed by atoms with E-state index in [2.05, 4.69) is 5.32 Å². The molecule has 2 rings (SSSR count). The van der Waals surface area contributed by atoms with Crippen LogP contribution >= 0.6 is 0 Å².